The monoisotopic (exact) mass is 164 g/mol. The number of hydrogen-bond donors (Lipinski definition) is 1. The molecule has 0 aliphatic rings. The molecule has 1 N–H and O–H groups in total. The van der Waals surface area contributed by atoms with Crippen LogP contribution in [0.5, 0.6) is 0 Å². The summed E-state index contributed by atoms with van der Waals surface area (Å²) >= 11 is 5.55. The van der Waals surface area contributed by atoms with E-state index in [-0.39, 0.29) is 5.41 Å². The fourth-order valence-electron chi connectivity index (χ4n) is 1.19. The molecule has 0 aromatic rings. The molecular formula is C8H17ClO. The lowest BCUT2D eigenvalue weighted by atomic mass is 9.84. The zero-order chi connectivity index (χ0) is 8.41. The molecule has 1 unspecified atom stereocenters. The summed E-state index contributed by atoms with van der Waals surface area (Å²) in [7, 11) is 0. The minimum Gasteiger partial charge on any atom is -0.389 e. The van der Waals surface area contributed by atoms with Gasteiger partial charge in [0.1, 0.15) is 0 Å². The Morgan fingerprint density at radius 1 is 1.20 bits per heavy atom. The lowest BCUT2D eigenvalue weighted by Gasteiger charge is -2.29. The van der Waals surface area contributed by atoms with E-state index in [1.54, 1.807) is 6.92 Å². The average molecular weight is 165 g/mol. The van der Waals surface area contributed by atoms with Gasteiger partial charge in [-0.3, -0.25) is 0 Å². The van der Waals surface area contributed by atoms with Crippen molar-refractivity contribution in [1.82, 2.24) is 0 Å². The Balaban J connectivity index is 3.89. The molecule has 0 aliphatic heterocycles. The molecule has 0 aromatic heterocycles. The van der Waals surface area contributed by atoms with Gasteiger partial charge >= 0.3 is 0 Å². The molecular weight excluding hydrogens is 148 g/mol. The van der Waals surface area contributed by atoms with Crippen LogP contribution in [-0.2, 0) is 0 Å². The minimum absolute atomic E-state index is 0.151. The minimum atomic E-state index is -0.709. The van der Waals surface area contributed by atoms with Crippen LogP contribution in [0, 0.1) is 5.41 Å². The number of aliphatic hydroxyl groups is 1. The van der Waals surface area contributed by atoms with Gasteiger partial charge in [-0.1, -0.05) is 20.8 Å². The zero-order valence-corrected chi connectivity index (χ0v) is 8.00. The molecule has 0 aromatic carbocycles. The smallest absolute Gasteiger partial charge is 0.0759 e. The molecule has 0 amide bonds. The van der Waals surface area contributed by atoms with Crippen molar-refractivity contribution in [3.8, 4) is 0 Å². The summed E-state index contributed by atoms with van der Waals surface area (Å²) in [5, 5.41) is 9.53. The van der Waals surface area contributed by atoms with Gasteiger partial charge in [0.2, 0.25) is 0 Å². The van der Waals surface area contributed by atoms with Gasteiger partial charge in [0.25, 0.3) is 0 Å². The van der Waals surface area contributed by atoms with Crippen molar-refractivity contribution in [3.63, 3.8) is 0 Å². The molecule has 0 spiro atoms. The Bertz CT molecular complexity index is 102. The molecule has 0 fully saturated rings. The predicted octanol–water partition coefficient (Wildman–Crippen LogP) is 2.41. The van der Waals surface area contributed by atoms with E-state index in [9.17, 15) is 5.11 Å². The summed E-state index contributed by atoms with van der Waals surface area (Å²) in [5.74, 6) is 0.310. The third-order valence-electron chi connectivity index (χ3n) is 1.20. The number of alkyl halides is 1. The summed E-state index contributed by atoms with van der Waals surface area (Å²) in [6.45, 7) is 8.04. The van der Waals surface area contributed by atoms with E-state index in [1.165, 1.54) is 0 Å². The lowest BCUT2D eigenvalue weighted by molar-refractivity contribution is 0.0403. The molecule has 2 heteroatoms. The first-order chi connectivity index (χ1) is 4.27. The van der Waals surface area contributed by atoms with Crippen LogP contribution >= 0.6 is 11.6 Å². The quantitative estimate of drug-likeness (QED) is 0.622. The fraction of sp³-hybridized carbons (Fsp3) is 1.00. The molecule has 1 nitrogen and oxygen atoms in total. The van der Waals surface area contributed by atoms with Crippen molar-refractivity contribution in [1.29, 1.82) is 0 Å². The SMILES string of the molecule is CC(C)(C)CC(C)(O)CCl. The highest BCUT2D eigenvalue weighted by Crippen LogP contribution is 2.27. The van der Waals surface area contributed by atoms with Crippen LogP contribution in [0.25, 0.3) is 0 Å². The fourth-order valence-corrected chi connectivity index (χ4v) is 1.28. The molecule has 62 valence electrons. The van der Waals surface area contributed by atoms with Crippen LogP contribution in [0.4, 0.5) is 0 Å². The molecule has 0 saturated heterocycles. The van der Waals surface area contributed by atoms with Gasteiger partial charge in [-0.2, -0.15) is 0 Å². The van der Waals surface area contributed by atoms with Crippen LogP contribution < -0.4 is 0 Å². The summed E-state index contributed by atoms with van der Waals surface area (Å²) in [4.78, 5) is 0. The maximum atomic E-state index is 9.53. The molecule has 0 rings (SSSR count). The number of halogens is 1. The Kier molecular flexibility index (Phi) is 3.18. The van der Waals surface area contributed by atoms with E-state index in [1.807, 2.05) is 0 Å². The van der Waals surface area contributed by atoms with Crippen LogP contribution in [-0.4, -0.2) is 16.6 Å². The standard InChI is InChI=1S/C8H17ClO/c1-7(2,3)5-8(4,10)6-9/h10H,5-6H2,1-4H3. The summed E-state index contributed by atoms with van der Waals surface area (Å²) in [6, 6.07) is 0. The van der Waals surface area contributed by atoms with Crippen LogP contribution in [0.2, 0.25) is 0 Å². The number of rotatable bonds is 2. The van der Waals surface area contributed by atoms with Crippen molar-refractivity contribution >= 4 is 11.6 Å². The predicted molar refractivity (Wildman–Crippen MR) is 45.4 cm³/mol. The third kappa shape index (κ3) is 5.07. The first-order valence-electron chi connectivity index (χ1n) is 3.55. The summed E-state index contributed by atoms with van der Waals surface area (Å²) < 4.78 is 0. The van der Waals surface area contributed by atoms with E-state index >= 15 is 0 Å². The Morgan fingerprint density at radius 2 is 1.60 bits per heavy atom. The van der Waals surface area contributed by atoms with Gasteiger partial charge < -0.3 is 5.11 Å². The van der Waals surface area contributed by atoms with E-state index in [2.05, 4.69) is 20.8 Å². The topological polar surface area (TPSA) is 20.2 Å². The van der Waals surface area contributed by atoms with Crippen LogP contribution in [0.3, 0.4) is 0 Å². The summed E-state index contributed by atoms with van der Waals surface area (Å²) in [5.41, 5.74) is -0.557. The molecule has 1 atom stereocenters. The Morgan fingerprint density at radius 3 is 1.70 bits per heavy atom. The largest absolute Gasteiger partial charge is 0.389 e. The van der Waals surface area contributed by atoms with Crippen molar-refractivity contribution in [2.75, 3.05) is 5.88 Å². The van der Waals surface area contributed by atoms with E-state index in [0.29, 0.717) is 5.88 Å². The van der Waals surface area contributed by atoms with E-state index < -0.39 is 5.60 Å². The Labute approximate surface area is 68.4 Å². The van der Waals surface area contributed by atoms with Crippen molar-refractivity contribution in [2.45, 2.75) is 39.7 Å². The second-order valence-electron chi connectivity index (χ2n) is 4.37. The average Bonchev–Trinajstić information content (AvgIpc) is 1.60. The molecule has 0 bridgehead atoms. The highest BCUT2D eigenvalue weighted by molar-refractivity contribution is 6.18. The number of hydrogen-bond acceptors (Lipinski definition) is 1. The van der Waals surface area contributed by atoms with E-state index in [0.717, 1.165) is 6.42 Å². The maximum Gasteiger partial charge on any atom is 0.0759 e. The van der Waals surface area contributed by atoms with Gasteiger partial charge in [-0.25, -0.2) is 0 Å². The molecule has 0 aliphatic carbocycles. The van der Waals surface area contributed by atoms with Crippen molar-refractivity contribution < 1.29 is 5.11 Å². The van der Waals surface area contributed by atoms with Gasteiger partial charge in [0, 0.05) is 0 Å². The van der Waals surface area contributed by atoms with Gasteiger partial charge in [-0.05, 0) is 18.8 Å². The van der Waals surface area contributed by atoms with E-state index in [4.69, 9.17) is 11.6 Å². The third-order valence-corrected chi connectivity index (χ3v) is 1.77. The van der Waals surface area contributed by atoms with Crippen LogP contribution in [0.1, 0.15) is 34.1 Å². The first-order valence-corrected chi connectivity index (χ1v) is 4.09. The van der Waals surface area contributed by atoms with Crippen molar-refractivity contribution in [2.24, 2.45) is 5.41 Å². The highest BCUT2D eigenvalue weighted by atomic mass is 35.5. The second kappa shape index (κ2) is 3.10. The molecule has 0 radical (unpaired) electrons. The maximum absolute atomic E-state index is 9.53. The van der Waals surface area contributed by atoms with Gasteiger partial charge in [0.15, 0.2) is 0 Å². The second-order valence-corrected chi connectivity index (χ2v) is 4.64. The molecule has 0 heterocycles. The van der Waals surface area contributed by atoms with Gasteiger partial charge in [0.05, 0.1) is 11.5 Å². The summed E-state index contributed by atoms with van der Waals surface area (Å²) in [6.07, 6.45) is 0.740. The van der Waals surface area contributed by atoms with Gasteiger partial charge in [-0.15, -0.1) is 11.6 Å². The van der Waals surface area contributed by atoms with Crippen LogP contribution in [0.15, 0.2) is 0 Å². The van der Waals surface area contributed by atoms with Crippen molar-refractivity contribution in [3.05, 3.63) is 0 Å². The Hall–Kier alpha value is 0.250. The first kappa shape index (κ1) is 10.2. The zero-order valence-electron chi connectivity index (χ0n) is 7.24. The highest BCUT2D eigenvalue weighted by Gasteiger charge is 2.26. The lowest BCUT2D eigenvalue weighted by Crippen LogP contribution is -2.31. The molecule has 0 saturated carbocycles. The molecule has 10 heavy (non-hydrogen) atoms. The normalized spacial score (nSPS) is 18.6.